The molecule has 1 unspecified atom stereocenters. The highest BCUT2D eigenvalue weighted by atomic mass is 16.2. The molecular formula is C13H21N3O. The van der Waals surface area contributed by atoms with E-state index in [4.69, 9.17) is 5.73 Å². The molecule has 1 rings (SSSR count). The monoisotopic (exact) mass is 235 g/mol. The topological polar surface area (TPSA) is 58.4 Å². The number of carbonyl (C=O) groups is 1. The highest BCUT2D eigenvalue weighted by molar-refractivity contribution is 5.94. The molecular weight excluding hydrogens is 214 g/mol. The number of hydrogen-bond donors (Lipinski definition) is 2. The number of anilines is 2. The first-order valence-corrected chi connectivity index (χ1v) is 5.80. The van der Waals surface area contributed by atoms with E-state index in [1.54, 1.807) is 12.1 Å². The average Bonchev–Trinajstić information content (AvgIpc) is 2.26. The van der Waals surface area contributed by atoms with Crippen molar-refractivity contribution in [2.24, 2.45) is 0 Å². The van der Waals surface area contributed by atoms with Gasteiger partial charge in [-0.15, -0.1) is 0 Å². The highest BCUT2D eigenvalue weighted by Crippen LogP contribution is 2.13. The molecule has 1 amide bonds. The summed E-state index contributed by atoms with van der Waals surface area (Å²) in [5.74, 6) is -0.0215. The van der Waals surface area contributed by atoms with Crippen molar-refractivity contribution < 1.29 is 4.79 Å². The van der Waals surface area contributed by atoms with E-state index < -0.39 is 0 Å². The summed E-state index contributed by atoms with van der Waals surface area (Å²) in [6.07, 6.45) is 0. The lowest BCUT2D eigenvalue weighted by molar-refractivity contribution is -0.120. The molecule has 0 radical (unpaired) electrons. The fraction of sp³-hybridized carbons (Fsp3) is 0.462. The number of carbonyl (C=O) groups excluding carboxylic acids is 1. The quantitative estimate of drug-likeness (QED) is 0.784. The third-order valence-electron chi connectivity index (χ3n) is 2.96. The zero-order chi connectivity index (χ0) is 13.0. The Morgan fingerprint density at radius 3 is 2.53 bits per heavy atom. The zero-order valence-corrected chi connectivity index (χ0v) is 10.9. The maximum atomic E-state index is 12.0. The van der Waals surface area contributed by atoms with Crippen LogP contribution in [0.2, 0.25) is 0 Å². The highest BCUT2D eigenvalue weighted by Gasteiger charge is 2.19. The molecule has 0 saturated heterocycles. The number of rotatable bonds is 4. The predicted molar refractivity (Wildman–Crippen MR) is 71.8 cm³/mol. The summed E-state index contributed by atoms with van der Waals surface area (Å²) in [5.41, 5.74) is 7.04. The van der Waals surface area contributed by atoms with Gasteiger partial charge in [-0.1, -0.05) is 6.07 Å². The molecule has 0 heterocycles. The predicted octanol–water partition coefficient (Wildman–Crippen LogP) is 1.94. The van der Waals surface area contributed by atoms with Crippen LogP contribution in [0.1, 0.15) is 20.8 Å². The SMILES string of the molecule is CC(C)N(C)C(C)C(=O)Nc1cccc(N)c1. The van der Waals surface area contributed by atoms with Crippen LogP contribution in [0.4, 0.5) is 11.4 Å². The van der Waals surface area contributed by atoms with Crippen LogP contribution in [0.25, 0.3) is 0 Å². The molecule has 3 N–H and O–H groups in total. The maximum Gasteiger partial charge on any atom is 0.241 e. The third kappa shape index (κ3) is 3.75. The number of nitrogens with one attached hydrogen (secondary N) is 1. The van der Waals surface area contributed by atoms with E-state index in [-0.39, 0.29) is 11.9 Å². The maximum absolute atomic E-state index is 12.0. The van der Waals surface area contributed by atoms with Crippen molar-refractivity contribution in [1.29, 1.82) is 0 Å². The molecule has 0 aromatic heterocycles. The number of nitrogens with two attached hydrogens (primary N) is 1. The van der Waals surface area contributed by atoms with Crippen molar-refractivity contribution in [3.63, 3.8) is 0 Å². The van der Waals surface area contributed by atoms with Crippen LogP contribution < -0.4 is 11.1 Å². The Morgan fingerprint density at radius 2 is 2.00 bits per heavy atom. The van der Waals surface area contributed by atoms with Crippen LogP contribution in [-0.2, 0) is 4.79 Å². The Labute approximate surface area is 103 Å². The van der Waals surface area contributed by atoms with Crippen molar-refractivity contribution in [2.45, 2.75) is 32.9 Å². The average molecular weight is 235 g/mol. The van der Waals surface area contributed by atoms with E-state index in [9.17, 15) is 4.79 Å². The van der Waals surface area contributed by atoms with E-state index in [0.29, 0.717) is 11.7 Å². The van der Waals surface area contributed by atoms with Gasteiger partial charge in [0.05, 0.1) is 6.04 Å². The van der Waals surface area contributed by atoms with Crippen LogP contribution in [0, 0.1) is 0 Å². The number of likely N-dealkylation sites (N-methyl/N-ethyl adjacent to an activating group) is 1. The minimum atomic E-state index is -0.170. The smallest absolute Gasteiger partial charge is 0.241 e. The molecule has 0 saturated carbocycles. The van der Waals surface area contributed by atoms with Gasteiger partial charge in [-0.25, -0.2) is 0 Å². The van der Waals surface area contributed by atoms with Gasteiger partial charge >= 0.3 is 0 Å². The first-order valence-electron chi connectivity index (χ1n) is 5.80. The van der Waals surface area contributed by atoms with E-state index in [1.165, 1.54) is 0 Å². The molecule has 1 aromatic carbocycles. The largest absolute Gasteiger partial charge is 0.399 e. The minimum Gasteiger partial charge on any atom is -0.399 e. The van der Waals surface area contributed by atoms with Crippen LogP contribution in [0.3, 0.4) is 0 Å². The second-order valence-electron chi connectivity index (χ2n) is 4.55. The Bertz CT molecular complexity index is 390. The molecule has 17 heavy (non-hydrogen) atoms. The Morgan fingerprint density at radius 1 is 1.35 bits per heavy atom. The first-order chi connectivity index (χ1) is 7.91. The summed E-state index contributed by atoms with van der Waals surface area (Å²) in [5, 5.41) is 2.86. The second kappa shape index (κ2) is 5.68. The van der Waals surface area contributed by atoms with Gasteiger partial charge in [-0.3, -0.25) is 9.69 Å². The van der Waals surface area contributed by atoms with Gasteiger partial charge in [0.2, 0.25) is 5.91 Å². The molecule has 0 spiro atoms. The molecule has 1 atom stereocenters. The molecule has 4 nitrogen and oxygen atoms in total. The molecule has 94 valence electrons. The second-order valence-corrected chi connectivity index (χ2v) is 4.55. The van der Waals surface area contributed by atoms with Crippen molar-refractivity contribution >= 4 is 17.3 Å². The summed E-state index contributed by atoms with van der Waals surface area (Å²) in [7, 11) is 1.94. The summed E-state index contributed by atoms with van der Waals surface area (Å²) < 4.78 is 0. The third-order valence-corrected chi connectivity index (χ3v) is 2.96. The van der Waals surface area contributed by atoms with Gasteiger partial charge in [0.1, 0.15) is 0 Å². The first kappa shape index (κ1) is 13.5. The van der Waals surface area contributed by atoms with Gasteiger partial charge < -0.3 is 11.1 Å². The number of amides is 1. The standard InChI is InChI=1S/C13H21N3O/c1-9(2)16(4)10(3)13(17)15-12-7-5-6-11(14)8-12/h5-10H,14H2,1-4H3,(H,15,17). The van der Waals surface area contributed by atoms with E-state index in [2.05, 4.69) is 19.2 Å². The van der Waals surface area contributed by atoms with Crippen LogP contribution in [-0.4, -0.2) is 29.9 Å². The Balaban J connectivity index is 2.66. The van der Waals surface area contributed by atoms with Gasteiger partial charge in [-0.05, 0) is 46.0 Å². The van der Waals surface area contributed by atoms with Gasteiger partial charge in [0, 0.05) is 17.4 Å². The number of benzene rings is 1. The van der Waals surface area contributed by atoms with Crippen molar-refractivity contribution in [2.75, 3.05) is 18.1 Å². The number of hydrogen-bond acceptors (Lipinski definition) is 3. The van der Waals surface area contributed by atoms with Crippen molar-refractivity contribution in [3.8, 4) is 0 Å². The number of nitrogens with zero attached hydrogens (tertiary/aromatic N) is 1. The minimum absolute atomic E-state index is 0.0215. The molecule has 0 aliphatic rings. The van der Waals surface area contributed by atoms with Crippen molar-refractivity contribution in [1.82, 2.24) is 4.90 Å². The van der Waals surface area contributed by atoms with Crippen LogP contribution in [0.5, 0.6) is 0 Å². The Hall–Kier alpha value is -1.55. The summed E-state index contributed by atoms with van der Waals surface area (Å²) >= 11 is 0. The number of nitrogen functional groups attached to an aromatic ring is 1. The van der Waals surface area contributed by atoms with Crippen LogP contribution in [0.15, 0.2) is 24.3 Å². The lowest BCUT2D eigenvalue weighted by atomic mass is 10.2. The fourth-order valence-corrected chi connectivity index (χ4v) is 1.50. The fourth-order valence-electron chi connectivity index (χ4n) is 1.50. The van der Waals surface area contributed by atoms with Gasteiger partial charge in [0.25, 0.3) is 0 Å². The summed E-state index contributed by atoms with van der Waals surface area (Å²) in [4.78, 5) is 14.0. The lowest BCUT2D eigenvalue weighted by Crippen LogP contribution is -2.43. The molecule has 1 aromatic rings. The van der Waals surface area contributed by atoms with E-state index in [0.717, 1.165) is 5.69 Å². The molecule has 0 fully saturated rings. The lowest BCUT2D eigenvalue weighted by Gasteiger charge is -2.27. The molecule has 0 aliphatic heterocycles. The van der Waals surface area contributed by atoms with E-state index in [1.807, 2.05) is 31.0 Å². The van der Waals surface area contributed by atoms with Gasteiger partial charge in [-0.2, -0.15) is 0 Å². The molecule has 4 heteroatoms. The van der Waals surface area contributed by atoms with Crippen LogP contribution >= 0.6 is 0 Å². The van der Waals surface area contributed by atoms with E-state index >= 15 is 0 Å². The Kier molecular flexibility index (Phi) is 4.52. The zero-order valence-electron chi connectivity index (χ0n) is 10.9. The molecule has 0 bridgehead atoms. The van der Waals surface area contributed by atoms with Crippen molar-refractivity contribution in [3.05, 3.63) is 24.3 Å². The summed E-state index contributed by atoms with van der Waals surface area (Å²) in [6.45, 7) is 6.01. The normalized spacial score (nSPS) is 12.8. The van der Waals surface area contributed by atoms with Gasteiger partial charge in [0.15, 0.2) is 0 Å². The summed E-state index contributed by atoms with van der Waals surface area (Å²) in [6, 6.07) is 7.35. The molecule has 0 aliphatic carbocycles.